The fourth-order valence-electron chi connectivity index (χ4n) is 2.68. The first-order valence-corrected chi connectivity index (χ1v) is 6.54. The zero-order valence-electron chi connectivity index (χ0n) is 12.0. The highest BCUT2D eigenvalue weighted by molar-refractivity contribution is 5.72. The van der Waals surface area contributed by atoms with Gasteiger partial charge in [0.25, 0.3) is 0 Å². The monoisotopic (exact) mass is 257 g/mol. The molecule has 1 N–H and O–H groups in total. The first-order chi connectivity index (χ1) is 9.02. The highest BCUT2D eigenvalue weighted by atomic mass is 19.1. The van der Waals surface area contributed by atoms with Gasteiger partial charge in [-0.25, -0.2) is 4.39 Å². The van der Waals surface area contributed by atoms with Crippen LogP contribution in [0.25, 0.3) is 11.1 Å². The van der Waals surface area contributed by atoms with Crippen molar-refractivity contribution in [1.29, 1.82) is 0 Å². The van der Waals surface area contributed by atoms with E-state index in [0.29, 0.717) is 5.56 Å². The Kier molecular flexibility index (Phi) is 4.01. The lowest BCUT2D eigenvalue weighted by molar-refractivity contribution is 0.629. The molecule has 2 heteroatoms. The maximum Gasteiger partial charge on any atom is 0.131 e. The summed E-state index contributed by atoms with van der Waals surface area (Å²) in [6, 6.07) is 9.53. The molecular formula is C17H20FN. The second-order valence-electron chi connectivity index (χ2n) is 5.12. The fraction of sp³-hybridized carbons (Fsp3) is 0.294. The second-order valence-corrected chi connectivity index (χ2v) is 5.12. The van der Waals surface area contributed by atoms with Crippen molar-refractivity contribution in [3.63, 3.8) is 0 Å². The van der Waals surface area contributed by atoms with E-state index in [1.54, 1.807) is 6.07 Å². The average molecular weight is 257 g/mol. The van der Waals surface area contributed by atoms with Crippen LogP contribution in [-0.2, 0) is 6.54 Å². The van der Waals surface area contributed by atoms with Gasteiger partial charge in [-0.3, -0.25) is 0 Å². The molecule has 0 radical (unpaired) electrons. The van der Waals surface area contributed by atoms with Gasteiger partial charge in [-0.1, -0.05) is 23.8 Å². The minimum atomic E-state index is -0.157. The van der Waals surface area contributed by atoms with Crippen LogP contribution in [0.4, 0.5) is 4.39 Å². The summed E-state index contributed by atoms with van der Waals surface area (Å²) in [6.07, 6.45) is 0. The fourth-order valence-corrected chi connectivity index (χ4v) is 2.68. The van der Waals surface area contributed by atoms with Crippen molar-refractivity contribution >= 4 is 0 Å². The van der Waals surface area contributed by atoms with Crippen LogP contribution < -0.4 is 5.32 Å². The predicted octanol–water partition coefficient (Wildman–Crippen LogP) is 4.14. The van der Waals surface area contributed by atoms with Crippen LogP contribution in [-0.4, -0.2) is 7.05 Å². The molecular weight excluding hydrogens is 237 g/mol. The Bertz CT molecular complexity index is 579. The molecule has 0 unspecified atom stereocenters. The molecule has 0 spiro atoms. The van der Waals surface area contributed by atoms with E-state index in [4.69, 9.17) is 0 Å². The van der Waals surface area contributed by atoms with Crippen molar-refractivity contribution in [1.82, 2.24) is 5.32 Å². The summed E-state index contributed by atoms with van der Waals surface area (Å²) < 4.78 is 14.1. The largest absolute Gasteiger partial charge is 0.316 e. The maximum atomic E-state index is 14.1. The number of rotatable bonds is 3. The Morgan fingerprint density at radius 2 is 1.63 bits per heavy atom. The van der Waals surface area contributed by atoms with Gasteiger partial charge in [0, 0.05) is 12.1 Å². The molecule has 0 aliphatic heterocycles. The van der Waals surface area contributed by atoms with E-state index in [9.17, 15) is 4.39 Å². The van der Waals surface area contributed by atoms with Gasteiger partial charge in [0.05, 0.1) is 0 Å². The molecule has 0 bridgehead atoms. The number of nitrogens with one attached hydrogen (secondary N) is 1. The minimum Gasteiger partial charge on any atom is -0.316 e. The number of hydrogen-bond donors (Lipinski definition) is 1. The molecule has 0 aliphatic carbocycles. The summed E-state index contributed by atoms with van der Waals surface area (Å²) in [5, 5.41) is 3.10. The Balaban J connectivity index is 2.61. The highest BCUT2D eigenvalue weighted by Crippen LogP contribution is 2.31. The van der Waals surface area contributed by atoms with Gasteiger partial charge in [-0.05, 0) is 62.2 Å². The molecule has 2 aromatic carbocycles. The van der Waals surface area contributed by atoms with Crippen molar-refractivity contribution in [2.75, 3.05) is 7.05 Å². The summed E-state index contributed by atoms with van der Waals surface area (Å²) in [5.74, 6) is -0.157. The molecule has 0 aromatic heterocycles. The van der Waals surface area contributed by atoms with Gasteiger partial charge in [0.2, 0.25) is 0 Å². The lowest BCUT2D eigenvalue weighted by Gasteiger charge is -2.14. The summed E-state index contributed by atoms with van der Waals surface area (Å²) in [7, 11) is 1.89. The van der Waals surface area contributed by atoms with Crippen LogP contribution in [0, 0.1) is 26.6 Å². The third-order valence-electron chi connectivity index (χ3n) is 3.36. The van der Waals surface area contributed by atoms with Crippen molar-refractivity contribution in [3.8, 4) is 11.1 Å². The SMILES string of the molecule is CNCc1ccc(F)c(-c2c(C)cc(C)cc2C)c1. The molecule has 0 saturated carbocycles. The van der Waals surface area contributed by atoms with Gasteiger partial charge >= 0.3 is 0 Å². The van der Waals surface area contributed by atoms with Crippen LogP contribution >= 0.6 is 0 Å². The lowest BCUT2D eigenvalue weighted by Crippen LogP contribution is -2.05. The summed E-state index contributed by atoms with van der Waals surface area (Å²) in [4.78, 5) is 0. The second kappa shape index (κ2) is 5.54. The van der Waals surface area contributed by atoms with Crippen molar-refractivity contribution in [2.45, 2.75) is 27.3 Å². The van der Waals surface area contributed by atoms with E-state index in [2.05, 4.69) is 24.4 Å². The normalized spacial score (nSPS) is 10.8. The van der Waals surface area contributed by atoms with E-state index >= 15 is 0 Å². The van der Waals surface area contributed by atoms with Gasteiger partial charge in [0.1, 0.15) is 5.82 Å². The van der Waals surface area contributed by atoms with Crippen LogP contribution in [0.15, 0.2) is 30.3 Å². The van der Waals surface area contributed by atoms with Crippen molar-refractivity contribution in [3.05, 3.63) is 58.4 Å². The van der Waals surface area contributed by atoms with E-state index in [1.807, 2.05) is 33.0 Å². The quantitative estimate of drug-likeness (QED) is 0.871. The molecule has 0 atom stereocenters. The molecule has 0 fully saturated rings. The molecule has 0 aliphatic rings. The summed E-state index contributed by atoms with van der Waals surface area (Å²) in [5.41, 5.74) is 6.27. The van der Waals surface area contributed by atoms with Crippen LogP contribution in [0.2, 0.25) is 0 Å². The van der Waals surface area contributed by atoms with Gasteiger partial charge in [0.15, 0.2) is 0 Å². The zero-order valence-corrected chi connectivity index (χ0v) is 12.0. The Morgan fingerprint density at radius 3 is 2.21 bits per heavy atom. The maximum absolute atomic E-state index is 14.1. The number of halogens is 1. The molecule has 0 heterocycles. The lowest BCUT2D eigenvalue weighted by atomic mass is 9.92. The molecule has 100 valence electrons. The molecule has 19 heavy (non-hydrogen) atoms. The third kappa shape index (κ3) is 2.85. The van der Waals surface area contributed by atoms with E-state index in [1.165, 1.54) is 5.56 Å². The predicted molar refractivity (Wildman–Crippen MR) is 78.8 cm³/mol. The van der Waals surface area contributed by atoms with Crippen LogP contribution in [0.3, 0.4) is 0 Å². The van der Waals surface area contributed by atoms with Crippen molar-refractivity contribution < 1.29 is 4.39 Å². The zero-order chi connectivity index (χ0) is 14.0. The van der Waals surface area contributed by atoms with Crippen molar-refractivity contribution in [2.24, 2.45) is 0 Å². The van der Waals surface area contributed by atoms with Gasteiger partial charge < -0.3 is 5.32 Å². The van der Waals surface area contributed by atoms with Crippen LogP contribution in [0.1, 0.15) is 22.3 Å². The highest BCUT2D eigenvalue weighted by Gasteiger charge is 2.12. The van der Waals surface area contributed by atoms with Gasteiger partial charge in [-0.15, -0.1) is 0 Å². The summed E-state index contributed by atoms with van der Waals surface area (Å²) in [6.45, 7) is 6.90. The Labute approximate surface area is 114 Å². The topological polar surface area (TPSA) is 12.0 Å². The first-order valence-electron chi connectivity index (χ1n) is 6.54. The van der Waals surface area contributed by atoms with Gasteiger partial charge in [-0.2, -0.15) is 0 Å². The Hall–Kier alpha value is -1.67. The van der Waals surface area contributed by atoms with E-state index in [0.717, 1.165) is 28.8 Å². The van der Waals surface area contributed by atoms with E-state index < -0.39 is 0 Å². The standard InChI is InChI=1S/C17H20FN/c1-11-7-12(2)17(13(3)8-11)15-9-14(10-19-4)5-6-16(15)18/h5-9,19H,10H2,1-4H3. The smallest absolute Gasteiger partial charge is 0.131 e. The Morgan fingerprint density at radius 1 is 1.00 bits per heavy atom. The number of aryl methyl sites for hydroxylation is 3. The van der Waals surface area contributed by atoms with E-state index in [-0.39, 0.29) is 5.82 Å². The molecule has 0 amide bonds. The number of benzene rings is 2. The third-order valence-corrected chi connectivity index (χ3v) is 3.36. The molecule has 1 nitrogen and oxygen atoms in total. The molecule has 2 rings (SSSR count). The molecule has 0 saturated heterocycles. The average Bonchev–Trinajstić information content (AvgIpc) is 2.32. The minimum absolute atomic E-state index is 0.157. The first kappa shape index (κ1) is 13.8. The molecule has 2 aromatic rings. The van der Waals surface area contributed by atoms with Crippen LogP contribution in [0.5, 0.6) is 0 Å². The number of hydrogen-bond acceptors (Lipinski definition) is 1. The summed E-state index contributed by atoms with van der Waals surface area (Å²) >= 11 is 0.